The Morgan fingerprint density at radius 3 is 2.64 bits per heavy atom. The molecule has 0 aliphatic heterocycles. The summed E-state index contributed by atoms with van der Waals surface area (Å²) in [5.74, 6) is 3.51. The molecule has 0 amide bonds. The van der Waals surface area contributed by atoms with Gasteiger partial charge >= 0.3 is 0 Å². The highest BCUT2D eigenvalue weighted by atomic mass is 35.5. The molecule has 1 heteroatoms. The van der Waals surface area contributed by atoms with Gasteiger partial charge in [0.1, 0.15) is 0 Å². The Labute approximate surface area is 75.3 Å². The first-order valence-electron chi connectivity index (χ1n) is 4.80. The topological polar surface area (TPSA) is 0 Å². The van der Waals surface area contributed by atoms with Crippen LogP contribution in [0.25, 0.3) is 0 Å². The van der Waals surface area contributed by atoms with Gasteiger partial charge in [-0.15, -0.1) is 11.6 Å². The third-order valence-corrected chi connectivity index (χ3v) is 3.42. The van der Waals surface area contributed by atoms with Crippen LogP contribution in [0.5, 0.6) is 0 Å². The van der Waals surface area contributed by atoms with Crippen molar-refractivity contribution >= 4 is 11.6 Å². The van der Waals surface area contributed by atoms with Crippen molar-refractivity contribution in [2.45, 2.75) is 39.5 Å². The maximum Gasteiger partial charge on any atom is 0.0251 e. The summed E-state index contributed by atoms with van der Waals surface area (Å²) in [6.45, 7) is 4.67. The van der Waals surface area contributed by atoms with Gasteiger partial charge in [-0.25, -0.2) is 0 Å². The van der Waals surface area contributed by atoms with Gasteiger partial charge in [0.05, 0.1) is 0 Å². The van der Waals surface area contributed by atoms with Gasteiger partial charge < -0.3 is 0 Å². The highest BCUT2D eigenvalue weighted by Gasteiger charge is 2.22. The fraction of sp³-hybridized carbons (Fsp3) is 1.00. The molecule has 11 heavy (non-hydrogen) atoms. The first-order chi connectivity index (χ1) is 5.24. The van der Waals surface area contributed by atoms with E-state index in [4.69, 9.17) is 11.6 Å². The van der Waals surface area contributed by atoms with Gasteiger partial charge in [0.2, 0.25) is 0 Å². The van der Waals surface area contributed by atoms with E-state index in [9.17, 15) is 0 Å². The van der Waals surface area contributed by atoms with Gasteiger partial charge in [0.15, 0.2) is 0 Å². The second-order valence-corrected chi connectivity index (χ2v) is 4.50. The smallest absolute Gasteiger partial charge is 0.0251 e. The molecule has 1 aliphatic rings. The Morgan fingerprint density at radius 2 is 2.09 bits per heavy atom. The van der Waals surface area contributed by atoms with E-state index < -0.39 is 0 Å². The van der Waals surface area contributed by atoms with Crippen molar-refractivity contribution < 1.29 is 0 Å². The maximum atomic E-state index is 5.85. The Morgan fingerprint density at radius 1 is 1.36 bits per heavy atom. The first-order valence-corrected chi connectivity index (χ1v) is 5.33. The molecule has 2 atom stereocenters. The highest BCUT2D eigenvalue weighted by molar-refractivity contribution is 6.18. The Balaban J connectivity index is 2.33. The van der Waals surface area contributed by atoms with E-state index in [2.05, 4.69) is 13.8 Å². The van der Waals surface area contributed by atoms with Crippen LogP contribution in [0.3, 0.4) is 0 Å². The number of hydrogen-bond donors (Lipinski definition) is 0. The molecule has 0 aromatic rings. The average Bonchev–Trinajstić information content (AvgIpc) is 2.05. The minimum Gasteiger partial charge on any atom is -0.126 e. The lowest BCUT2D eigenvalue weighted by molar-refractivity contribution is 0.228. The molecule has 1 fully saturated rings. The zero-order valence-electron chi connectivity index (χ0n) is 7.65. The second kappa shape index (κ2) is 4.35. The van der Waals surface area contributed by atoms with Crippen molar-refractivity contribution in [3.8, 4) is 0 Å². The molecule has 1 saturated carbocycles. The van der Waals surface area contributed by atoms with Crippen LogP contribution in [0, 0.1) is 17.8 Å². The molecule has 0 N–H and O–H groups in total. The van der Waals surface area contributed by atoms with E-state index in [1.165, 1.54) is 25.7 Å². The fourth-order valence-electron chi connectivity index (χ4n) is 2.08. The number of halogens is 1. The SMILES string of the molecule is CC(C)C1CCCC(CCl)C1. The summed E-state index contributed by atoms with van der Waals surface area (Å²) < 4.78 is 0. The van der Waals surface area contributed by atoms with Crippen molar-refractivity contribution in [1.82, 2.24) is 0 Å². The molecule has 0 radical (unpaired) electrons. The minimum atomic E-state index is 0.817. The molecular formula is C10H19Cl. The third-order valence-electron chi connectivity index (χ3n) is 2.98. The van der Waals surface area contributed by atoms with Crippen molar-refractivity contribution in [3.63, 3.8) is 0 Å². The molecule has 0 heterocycles. The summed E-state index contributed by atoms with van der Waals surface area (Å²) in [6, 6.07) is 0. The second-order valence-electron chi connectivity index (χ2n) is 4.19. The molecule has 0 aromatic heterocycles. The van der Waals surface area contributed by atoms with Crippen molar-refractivity contribution in [2.24, 2.45) is 17.8 Å². The fourth-order valence-corrected chi connectivity index (χ4v) is 2.36. The van der Waals surface area contributed by atoms with Gasteiger partial charge in [-0.2, -0.15) is 0 Å². The molecule has 0 bridgehead atoms. The van der Waals surface area contributed by atoms with Crippen LogP contribution in [-0.4, -0.2) is 5.88 Å². The zero-order chi connectivity index (χ0) is 8.27. The summed E-state index contributed by atoms with van der Waals surface area (Å²) in [7, 11) is 0. The largest absolute Gasteiger partial charge is 0.126 e. The van der Waals surface area contributed by atoms with Crippen LogP contribution in [-0.2, 0) is 0 Å². The Hall–Kier alpha value is 0.290. The Bertz CT molecular complexity index is 109. The van der Waals surface area contributed by atoms with Crippen LogP contribution in [0.2, 0.25) is 0 Å². The normalized spacial score (nSPS) is 32.7. The summed E-state index contributed by atoms with van der Waals surface area (Å²) >= 11 is 5.85. The molecular weight excluding hydrogens is 156 g/mol. The zero-order valence-corrected chi connectivity index (χ0v) is 8.40. The van der Waals surface area contributed by atoms with Gasteiger partial charge in [0.25, 0.3) is 0 Å². The van der Waals surface area contributed by atoms with Crippen LogP contribution in [0.4, 0.5) is 0 Å². The number of rotatable bonds is 2. The van der Waals surface area contributed by atoms with Crippen LogP contribution < -0.4 is 0 Å². The first kappa shape index (κ1) is 9.38. The van der Waals surface area contributed by atoms with Crippen molar-refractivity contribution in [1.29, 1.82) is 0 Å². The lowest BCUT2D eigenvalue weighted by Crippen LogP contribution is -2.20. The van der Waals surface area contributed by atoms with E-state index in [1.807, 2.05) is 0 Å². The summed E-state index contributed by atoms with van der Waals surface area (Å²) in [5.41, 5.74) is 0. The predicted molar refractivity (Wildman–Crippen MR) is 51.0 cm³/mol. The monoisotopic (exact) mass is 174 g/mol. The molecule has 0 spiro atoms. The number of hydrogen-bond acceptors (Lipinski definition) is 0. The van der Waals surface area contributed by atoms with Gasteiger partial charge in [-0.05, 0) is 30.6 Å². The molecule has 1 aliphatic carbocycles. The van der Waals surface area contributed by atoms with E-state index >= 15 is 0 Å². The molecule has 0 nitrogen and oxygen atoms in total. The van der Waals surface area contributed by atoms with Gasteiger partial charge in [0, 0.05) is 5.88 Å². The van der Waals surface area contributed by atoms with Crippen molar-refractivity contribution in [2.75, 3.05) is 5.88 Å². The lowest BCUT2D eigenvalue weighted by atomic mass is 9.77. The lowest BCUT2D eigenvalue weighted by Gasteiger charge is -2.30. The summed E-state index contributed by atoms with van der Waals surface area (Å²) in [5, 5.41) is 0. The standard InChI is InChI=1S/C10H19Cl/c1-8(2)10-5-3-4-9(6-10)7-11/h8-10H,3-7H2,1-2H3. The molecule has 0 saturated heterocycles. The van der Waals surface area contributed by atoms with E-state index in [0.29, 0.717) is 0 Å². The van der Waals surface area contributed by atoms with Crippen LogP contribution in [0.1, 0.15) is 39.5 Å². The Kier molecular flexibility index (Phi) is 3.71. The summed E-state index contributed by atoms with van der Waals surface area (Å²) in [4.78, 5) is 0. The molecule has 0 aromatic carbocycles. The third kappa shape index (κ3) is 2.66. The molecule has 2 unspecified atom stereocenters. The predicted octanol–water partition coefficient (Wildman–Crippen LogP) is 3.69. The highest BCUT2D eigenvalue weighted by Crippen LogP contribution is 2.33. The van der Waals surface area contributed by atoms with E-state index in [1.54, 1.807) is 0 Å². The molecule has 66 valence electrons. The van der Waals surface area contributed by atoms with Gasteiger partial charge in [-0.1, -0.05) is 26.7 Å². The van der Waals surface area contributed by atoms with E-state index in [0.717, 1.165) is 23.6 Å². The van der Waals surface area contributed by atoms with Crippen LogP contribution in [0.15, 0.2) is 0 Å². The van der Waals surface area contributed by atoms with E-state index in [-0.39, 0.29) is 0 Å². The number of alkyl halides is 1. The average molecular weight is 175 g/mol. The minimum absolute atomic E-state index is 0.817. The summed E-state index contributed by atoms with van der Waals surface area (Å²) in [6.07, 6.45) is 5.58. The maximum absolute atomic E-state index is 5.85. The van der Waals surface area contributed by atoms with Crippen molar-refractivity contribution in [3.05, 3.63) is 0 Å². The van der Waals surface area contributed by atoms with Gasteiger partial charge in [-0.3, -0.25) is 0 Å². The van der Waals surface area contributed by atoms with Crippen LogP contribution >= 0.6 is 11.6 Å². The molecule has 1 rings (SSSR count). The quantitative estimate of drug-likeness (QED) is 0.561.